The lowest BCUT2D eigenvalue weighted by molar-refractivity contribution is 0.183. The number of nitrogens with zero attached hydrogens (tertiary/aromatic N) is 3. The molecule has 66 valence electrons. The Morgan fingerprint density at radius 1 is 1.58 bits per heavy atom. The lowest BCUT2D eigenvalue weighted by Crippen LogP contribution is -2.18. The van der Waals surface area contributed by atoms with Crippen LogP contribution in [0, 0.1) is 0 Å². The molecule has 5 nitrogen and oxygen atoms in total. The highest BCUT2D eigenvalue weighted by Gasteiger charge is 2.09. The van der Waals surface area contributed by atoms with Crippen LogP contribution in [0.2, 0.25) is 5.15 Å². The molecule has 0 fully saturated rings. The molecule has 0 aliphatic heterocycles. The van der Waals surface area contributed by atoms with E-state index < -0.39 is 0 Å². The zero-order chi connectivity index (χ0) is 9.14. The number of aromatic nitrogens is 2. The third-order valence-electron chi connectivity index (χ3n) is 1.39. The number of hydrogen-bond acceptors (Lipinski definition) is 5. The molecule has 0 radical (unpaired) electrons. The van der Waals surface area contributed by atoms with Gasteiger partial charge in [-0.2, -0.15) is 0 Å². The third-order valence-corrected chi connectivity index (χ3v) is 1.69. The summed E-state index contributed by atoms with van der Waals surface area (Å²) >= 11 is 5.66. The van der Waals surface area contributed by atoms with Gasteiger partial charge in [-0.05, 0) is 0 Å². The fourth-order valence-electron chi connectivity index (χ4n) is 0.703. The average molecular weight is 189 g/mol. The molecule has 0 spiro atoms. The van der Waals surface area contributed by atoms with Gasteiger partial charge in [0.15, 0.2) is 11.0 Å². The quantitative estimate of drug-likeness (QED) is 0.547. The summed E-state index contributed by atoms with van der Waals surface area (Å²) in [5.74, 6) is 0.456. The topological polar surface area (TPSA) is 64.3 Å². The number of anilines is 2. The molecule has 0 saturated carbocycles. The lowest BCUT2D eigenvalue weighted by Gasteiger charge is -2.15. The summed E-state index contributed by atoms with van der Waals surface area (Å²) < 4.78 is 0. The van der Waals surface area contributed by atoms with E-state index in [9.17, 15) is 0 Å². The minimum Gasteiger partial charge on any atom is -0.393 e. The summed E-state index contributed by atoms with van der Waals surface area (Å²) in [7, 11) is 3.18. The van der Waals surface area contributed by atoms with Crippen LogP contribution in [-0.2, 0) is 4.84 Å². The summed E-state index contributed by atoms with van der Waals surface area (Å²) in [6.45, 7) is 0. The van der Waals surface area contributed by atoms with Gasteiger partial charge >= 0.3 is 0 Å². The van der Waals surface area contributed by atoms with E-state index in [0.717, 1.165) is 0 Å². The molecule has 0 bridgehead atoms. The molecular weight excluding hydrogens is 180 g/mol. The van der Waals surface area contributed by atoms with E-state index in [-0.39, 0.29) is 5.15 Å². The van der Waals surface area contributed by atoms with Gasteiger partial charge in [-0.1, -0.05) is 11.6 Å². The van der Waals surface area contributed by atoms with Crippen LogP contribution in [-0.4, -0.2) is 24.1 Å². The van der Waals surface area contributed by atoms with Crippen LogP contribution in [0.15, 0.2) is 6.33 Å². The fraction of sp³-hybridized carbons (Fsp3) is 0.333. The van der Waals surface area contributed by atoms with Crippen molar-refractivity contribution in [2.75, 3.05) is 25.0 Å². The Morgan fingerprint density at radius 3 is 2.83 bits per heavy atom. The highest BCUT2D eigenvalue weighted by atomic mass is 35.5. The van der Waals surface area contributed by atoms with Gasteiger partial charge < -0.3 is 5.73 Å². The van der Waals surface area contributed by atoms with Crippen LogP contribution in [0.4, 0.5) is 11.5 Å². The second-order valence-corrected chi connectivity index (χ2v) is 2.44. The molecule has 1 rings (SSSR count). The highest BCUT2D eigenvalue weighted by Crippen LogP contribution is 2.24. The minimum atomic E-state index is 0.226. The van der Waals surface area contributed by atoms with Crippen molar-refractivity contribution < 1.29 is 4.84 Å². The predicted octanol–water partition coefficient (Wildman–Crippen LogP) is 0.710. The second-order valence-electron chi connectivity index (χ2n) is 2.08. The maximum absolute atomic E-state index is 5.66. The van der Waals surface area contributed by atoms with Crippen molar-refractivity contribution in [3.05, 3.63) is 11.5 Å². The molecule has 0 aliphatic rings. The molecule has 0 aliphatic carbocycles. The molecule has 2 N–H and O–H groups in total. The number of hydroxylamine groups is 1. The summed E-state index contributed by atoms with van der Waals surface area (Å²) in [6.07, 6.45) is 1.32. The van der Waals surface area contributed by atoms with Crippen molar-refractivity contribution in [2.45, 2.75) is 0 Å². The minimum absolute atomic E-state index is 0.226. The van der Waals surface area contributed by atoms with Crippen LogP contribution in [0.5, 0.6) is 0 Å². The molecule has 0 amide bonds. The highest BCUT2D eigenvalue weighted by molar-refractivity contribution is 6.32. The second kappa shape index (κ2) is 3.55. The van der Waals surface area contributed by atoms with Crippen molar-refractivity contribution >= 4 is 23.1 Å². The Hall–Kier alpha value is -1.07. The van der Waals surface area contributed by atoms with Crippen LogP contribution >= 0.6 is 11.6 Å². The van der Waals surface area contributed by atoms with Gasteiger partial charge in [-0.15, -0.1) is 0 Å². The standard InChI is InChI=1S/C6H9ClN4O/c1-11(12-2)6-4(8)5(7)9-3-10-6/h3H,8H2,1-2H3. The van der Waals surface area contributed by atoms with Crippen LogP contribution in [0.25, 0.3) is 0 Å². The van der Waals surface area contributed by atoms with E-state index in [1.165, 1.54) is 18.5 Å². The van der Waals surface area contributed by atoms with Crippen LogP contribution in [0.1, 0.15) is 0 Å². The SMILES string of the molecule is CON(C)c1ncnc(Cl)c1N. The van der Waals surface area contributed by atoms with Gasteiger partial charge in [0.1, 0.15) is 12.0 Å². The van der Waals surface area contributed by atoms with Crippen LogP contribution in [0.3, 0.4) is 0 Å². The first-order chi connectivity index (χ1) is 5.66. The Bertz CT molecular complexity index is 280. The number of nitrogen functional groups attached to an aromatic ring is 1. The van der Waals surface area contributed by atoms with Crippen molar-refractivity contribution in [3.8, 4) is 0 Å². The van der Waals surface area contributed by atoms with E-state index in [1.54, 1.807) is 7.05 Å². The largest absolute Gasteiger partial charge is 0.393 e. The van der Waals surface area contributed by atoms with Gasteiger partial charge in [0.2, 0.25) is 0 Å². The molecule has 6 heteroatoms. The van der Waals surface area contributed by atoms with Gasteiger partial charge in [0, 0.05) is 7.05 Å². The van der Waals surface area contributed by atoms with Crippen molar-refractivity contribution in [1.29, 1.82) is 0 Å². The zero-order valence-corrected chi connectivity index (χ0v) is 7.54. The fourth-order valence-corrected chi connectivity index (χ4v) is 0.831. The number of rotatable bonds is 2. The number of hydrogen-bond donors (Lipinski definition) is 1. The van der Waals surface area contributed by atoms with Gasteiger partial charge in [-0.3, -0.25) is 4.84 Å². The van der Waals surface area contributed by atoms with Gasteiger partial charge in [0.25, 0.3) is 0 Å². The number of nitrogens with two attached hydrogens (primary N) is 1. The maximum atomic E-state index is 5.66. The predicted molar refractivity (Wildman–Crippen MR) is 46.9 cm³/mol. The average Bonchev–Trinajstić information content (AvgIpc) is 2.08. The Labute approximate surface area is 75.1 Å². The zero-order valence-electron chi connectivity index (χ0n) is 6.78. The van der Waals surface area contributed by atoms with Gasteiger partial charge in [0.05, 0.1) is 7.11 Å². The van der Waals surface area contributed by atoms with E-state index >= 15 is 0 Å². The maximum Gasteiger partial charge on any atom is 0.180 e. The molecule has 0 unspecified atom stereocenters. The third kappa shape index (κ3) is 1.57. The van der Waals surface area contributed by atoms with E-state index in [2.05, 4.69) is 9.97 Å². The molecule has 1 aromatic heterocycles. The van der Waals surface area contributed by atoms with E-state index in [0.29, 0.717) is 11.5 Å². The first-order valence-electron chi connectivity index (χ1n) is 3.20. The summed E-state index contributed by atoms with van der Waals surface area (Å²) in [5, 5.41) is 1.63. The van der Waals surface area contributed by atoms with E-state index in [1.807, 2.05) is 0 Å². The molecule has 1 heterocycles. The molecule has 0 saturated heterocycles. The summed E-state index contributed by atoms with van der Waals surface area (Å²) in [5.41, 5.74) is 5.89. The Balaban J connectivity index is 3.07. The first kappa shape index (κ1) is 9.02. The Kier molecular flexibility index (Phi) is 2.67. The smallest absolute Gasteiger partial charge is 0.180 e. The van der Waals surface area contributed by atoms with Crippen molar-refractivity contribution in [3.63, 3.8) is 0 Å². The molecule has 0 aromatic carbocycles. The first-order valence-corrected chi connectivity index (χ1v) is 3.58. The van der Waals surface area contributed by atoms with Crippen molar-refractivity contribution in [2.24, 2.45) is 0 Å². The number of halogens is 1. The summed E-state index contributed by atoms with van der Waals surface area (Å²) in [4.78, 5) is 12.5. The van der Waals surface area contributed by atoms with Crippen LogP contribution < -0.4 is 10.8 Å². The normalized spacial score (nSPS) is 9.92. The monoisotopic (exact) mass is 188 g/mol. The molecule has 1 aromatic rings. The molecular formula is C6H9ClN4O. The summed E-state index contributed by atoms with van der Waals surface area (Å²) in [6, 6.07) is 0. The molecule has 0 atom stereocenters. The Morgan fingerprint density at radius 2 is 2.25 bits per heavy atom. The van der Waals surface area contributed by atoms with Gasteiger partial charge in [-0.25, -0.2) is 15.0 Å². The van der Waals surface area contributed by atoms with E-state index in [4.69, 9.17) is 22.2 Å². The van der Waals surface area contributed by atoms with Crippen molar-refractivity contribution in [1.82, 2.24) is 9.97 Å². The lowest BCUT2D eigenvalue weighted by atomic mass is 10.5. The molecule has 12 heavy (non-hydrogen) atoms.